The highest BCUT2D eigenvalue weighted by Crippen LogP contribution is 2.32. The van der Waals surface area contributed by atoms with Gasteiger partial charge >= 0.3 is 0 Å². The van der Waals surface area contributed by atoms with Crippen LogP contribution in [0.5, 0.6) is 0 Å². The lowest BCUT2D eigenvalue weighted by Gasteiger charge is -2.14. The van der Waals surface area contributed by atoms with Crippen LogP contribution >= 0.6 is 24.0 Å². The Morgan fingerprint density at radius 2 is 1.80 bits per heavy atom. The Morgan fingerprint density at radius 1 is 1.11 bits per heavy atom. The third kappa shape index (κ3) is 7.08. The maximum absolute atomic E-state index is 12.7. The Labute approximate surface area is 211 Å². The molecular weight excluding hydrogens is 488 g/mol. The van der Waals surface area contributed by atoms with Crippen molar-refractivity contribution in [1.82, 2.24) is 15.8 Å². The molecule has 2 aromatic carbocycles. The van der Waals surface area contributed by atoms with Gasteiger partial charge in [0.05, 0.1) is 9.83 Å². The molecule has 0 aliphatic carbocycles. The molecule has 35 heavy (non-hydrogen) atoms. The highest BCUT2D eigenvalue weighted by molar-refractivity contribution is 8.26. The molecule has 3 rings (SSSR count). The summed E-state index contributed by atoms with van der Waals surface area (Å²) in [6.45, 7) is 2.15. The molecule has 1 aliphatic rings. The molecule has 0 atom stereocenters. The Bertz CT molecular complexity index is 1230. The summed E-state index contributed by atoms with van der Waals surface area (Å²) in [7, 11) is 0. The molecule has 0 radical (unpaired) electrons. The summed E-state index contributed by atoms with van der Waals surface area (Å²) in [5, 5.41) is 11.0. The average molecular weight is 511 g/mol. The molecule has 9 nitrogen and oxygen atoms in total. The number of nitro groups is 1. The zero-order chi connectivity index (χ0) is 25.4. The number of nitro benzene ring substituents is 1. The predicted molar refractivity (Wildman–Crippen MR) is 138 cm³/mol. The number of nitrogens with zero attached hydrogens (tertiary/aromatic N) is 2. The van der Waals surface area contributed by atoms with Crippen molar-refractivity contribution < 1.29 is 19.3 Å². The topological polar surface area (TPSA) is 122 Å². The minimum absolute atomic E-state index is 0.0141. The summed E-state index contributed by atoms with van der Waals surface area (Å²) in [6.07, 6.45) is 4.08. The van der Waals surface area contributed by atoms with E-state index in [1.54, 1.807) is 6.08 Å². The lowest BCUT2D eigenvalue weighted by molar-refractivity contribution is -0.385. The lowest BCUT2D eigenvalue weighted by Crippen LogP contribution is -2.42. The monoisotopic (exact) mass is 510 g/mol. The fourth-order valence-corrected chi connectivity index (χ4v) is 4.59. The Hall–Kier alpha value is -3.83. The van der Waals surface area contributed by atoms with Gasteiger partial charge in [-0.05, 0) is 36.6 Å². The number of para-hydroxylation sites is 1. The first-order chi connectivity index (χ1) is 16.8. The third-order valence-electron chi connectivity index (χ3n) is 4.87. The smallest absolute Gasteiger partial charge is 0.282 e. The molecule has 0 unspecified atom stereocenters. The van der Waals surface area contributed by atoms with Crippen molar-refractivity contribution in [1.29, 1.82) is 0 Å². The van der Waals surface area contributed by atoms with Gasteiger partial charge in [0.15, 0.2) is 0 Å². The molecule has 3 amide bonds. The molecule has 1 heterocycles. The van der Waals surface area contributed by atoms with Crippen LogP contribution in [0, 0.1) is 10.1 Å². The van der Waals surface area contributed by atoms with Gasteiger partial charge in [-0.2, -0.15) is 0 Å². The molecule has 2 N–H and O–H groups in total. The van der Waals surface area contributed by atoms with Gasteiger partial charge < -0.3 is 0 Å². The first-order valence-electron chi connectivity index (χ1n) is 10.6. The molecule has 2 aromatic rings. The molecule has 0 spiro atoms. The van der Waals surface area contributed by atoms with Crippen LogP contribution in [0.3, 0.4) is 0 Å². The highest BCUT2D eigenvalue weighted by Gasteiger charge is 2.31. The number of hydrogen-bond donors (Lipinski definition) is 2. The zero-order valence-electron chi connectivity index (χ0n) is 18.7. The molecule has 1 saturated heterocycles. The van der Waals surface area contributed by atoms with E-state index in [-0.39, 0.29) is 30.1 Å². The second-order valence-corrected chi connectivity index (χ2v) is 9.19. The lowest BCUT2D eigenvalue weighted by atomic mass is 10.1. The van der Waals surface area contributed by atoms with Crippen molar-refractivity contribution in [3.05, 3.63) is 92.4 Å². The second kappa shape index (κ2) is 12.0. The average Bonchev–Trinajstić information content (AvgIpc) is 3.10. The maximum Gasteiger partial charge on any atom is 0.282 e. The van der Waals surface area contributed by atoms with E-state index in [1.165, 1.54) is 40.9 Å². The highest BCUT2D eigenvalue weighted by atomic mass is 32.2. The maximum atomic E-state index is 12.7. The summed E-state index contributed by atoms with van der Waals surface area (Å²) in [5.74, 6) is -1.52. The van der Waals surface area contributed by atoms with Crippen molar-refractivity contribution in [3.8, 4) is 0 Å². The first-order valence-corrected chi connectivity index (χ1v) is 11.8. The molecule has 0 aromatic heterocycles. The molecule has 0 saturated carbocycles. The number of thioether (sulfide) groups is 1. The first kappa shape index (κ1) is 25.8. The summed E-state index contributed by atoms with van der Waals surface area (Å²) >= 11 is 6.53. The van der Waals surface area contributed by atoms with Gasteiger partial charge in [0.2, 0.25) is 5.91 Å². The summed E-state index contributed by atoms with van der Waals surface area (Å²) < 4.78 is 0.416. The van der Waals surface area contributed by atoms with Crippen LogP contribution in [0.15, 0.2) is 71.2 Å². The van der Waals surface area contributed by atoms with Gasteiger partial charge in [-0.25, -0.2) is 0 Å². The Balaban J connectivity index is 1.48. The van der Waals surface area contributed by atoms with Crippen LogP contribution in [0.4, 0.5) is 5.69 Å². The van der Waals surface area contributed by atoms with E-state index in [0.717, 1.165) is 11.1 Å². The van der Waals surface area contributed by atoms with E-state index in [9.17, 15) is 24.5 Å². The number of nitrogens with one attached hydrogen (secondary N) is 2. The molecule has 0 bridgehead atoms. The minimum Gasteiger partial charge on any atom is -0.293 e. The van der Waals surface area contributed by atoms with E-state index < -0.39 is 16.7 Å². The van der Waals surface area contributed by atoms with Crippen LogP contribution in [0.1, 0.15) is 35.7 Å². The largest absolute Gasteiger partial charge is 0.293 e. The van der Waals surface area contributed by atoms with Gasteiger partial charge in [0.1, 0.15) is 9.88 Å². The predicted octanol–water partition coefficient (Wildman–Crippen LogP) is 3.98. The van der Waals surface area contributed by atoms with Gasteiger partial charge in [-0.1, -0.05) is 72.5 Å². The quantitative estimate of drug-likeness (QED) is 0.238. The van der Waals surface area contributed by atoms with Crippen LogP contribution in [0.2, 0.25) is 0 Å². The van der Waals surface area contributed by atoms with Gasteiger partial charge in [0, 0.05) is 19.0 Å². The standard InChI is InChI=1S/C24H22N4O5S2/c1-16(14-17-8-3-2-4-9-17)15-20-23(31)27(24(34)35-20)13-7-12-21(29)25-26-22(30)18-10-5-6-11-19(18)28(32)33/h2-6,8-11,14-15H,7,12-13H2,1H3,(H,25,29)(H,26,30). The van der Waals surface area contributed by atoms with E-state index in [2.05, 4.69) is 10.9 Å². The molecule has 11 heteroatoms. The van der Waals surface area contributed by atoms with E-state index in [0.29, 0.717) is 15.6 Å². The van der Waals surface area contributed by atoms with Crippen LogP contribution in [-0.4, -0.2) is 38.4 Å². The van der Waals surface area contributed by atoms with Crippen molar-refractivity contribution in [2.24, 2.45) is 0 Å². The van der Waals surface area contributed by atoms with E-state index in [4.69, 9.17) is 12.2 Å². The number of carbonyl (C=O) groups is 3. The van der Waals surface area contributed by atoms with Crippen molar-refractivity contribution in [2.75, 3.05) is 6.54 Å². The second-order valence-electron chi connectivity index (χ2n) is 7.51. The van der Waals surface area contributed by atoms with Crippen LogP contribution in [-0.2, 0) is 9.59 Å². The minimum atomic E-state index is -0.799. The molecule has 1 fully saturated rings. The van der Waals surface area contributed by atoms with E-state index in [1.807, 2.05) is 43.3 Å². The van der Waals surface area contributed by atoms with Crippen LogP contribution in [0.25, 0.3) is 6.08 Å². The van der Waals surface area contributed by atoms with Crippen molar-refractivity contribution in [2.45, 2.75) is 19.8 Å². The van der Waals surface area contributed by atoms with E-state index >= 15 is 0 Å². The number of hydrogen-bond acceptors (Lipinski definition) is 7. The van der Waals surface area contributed by atoms with Gasteiger partial charge in [0.25, 0.3) is 17.5 Å². The number of thiocarbonyl (C=S) groups is 1. The van der Waals surface area contributed by atoms with Crippen LogP contribution < -0.4 is 10.9 Å². The summed E-state index contributed by atoms with van der Waals surface area (Å²) in [5.41, 5.74) is 5.80. The Morgan fingerprint density at radius 3 is 2.51 bits per heavy atom. The summed E-state index contributed by atoms with van der Waals surface area (Å²) in [4.78, 5) is 49.3. The number of allylic oxidation sites excluding steroid dienone is 2. The number of rotatable bonds is 8. The van der Waals surface area contributed by atoms with Crippen molar-refractivity contribution in [3.63, 3.8) is 0 Å². The van der Waals surface area contributed by atoms with Gasteiger partial charge in [-0.15, -0.1) is 0 Å². The number of amides is 3. The SMILES string of the molecule is CC(=Cc1ccccc1)C=C1SC(=S)N(CCCC(=O)NNC(=O)c2ccccc2[N+](=O)[O-])C1=O. The molecule has 1 aliphatic heterocycles. The van der Waals surface area contributed by atoms with Crippen molar-refractivity contribution >= 4 is 57.8 Å². The number of benzene rings is 2. The molecular formula is C24H22N4O5S2. The Kier molecular flexibility index (Phi) is 8.87. The fraction of sp³-hybridized carbons (Fsp3) is 0.167. The third-order valence-corrected chi connectivity index (χ3v) is 6.25. The molecule has 180 valence electrons. The zero-order valence-corrected chi connectivity index (χ0v) is 20.4. The number of carbonyl (C=O) groups excluding carboxylic acids is 3. The summed E-state index contributed by atoms with van der Waals surface area (Å²) in [6, 6.07) is 15.2. The normalized spacial score (nSPS) is 14.8. The van der Waals surface area contributed by atoms with Gasteiger partial charge in [-0.3, -0.25) is 40.2 Å². The fourth-order valence-electron chi connectivity index (χ4n) is 3.23. The number of hydrazine groups is 1.